The van der Waals surface area contributed by atoms with Crippen LogP contribution in [0.3, 0.4) is 0 Å². The van der Waals surface area contributed by atoms with Crippen LogP contribution in [0.1, 0.15) is 31.2 Å². The average Bonchev–Trinajstić information content (AvgIpc) is 2.81. The van der Waals surface area contributed by atoms with Gasteiger partial charge in [-0.25, -0.2) is 4.39 Å². The average molecular weight is 517 g/mol. The SMILES string of the molecule is Cc1ccc2c(c1)N(C(=O)CO)CC(C(=O)CC13CC(NC(=O)COc4ccc(Cl)c(F)c4)(C1)C3)O2. The number of anilines is 1. The molecule has 1 aliphatic heterocycles. The van der Waals surface area contributed by atoms with Crippen LogP contribution in [-0.4, -0.2) is 54.1 Å². The summed E-state index contributed by atoms with van der Waals surface area (Å²) in [6.45, 7) is 1.03. The number of hydrogen-bond acceptors (Lipinski definition) is 6. The van der Waals surface area contributed by atoms with Gasteiger partial charge in [-0.3, -0.25) is 14.4 Å². The van der Waals surface area contributed by atoms with E-state index in [1.54, 1.807) is 12.1 Å². The molecule has 190 valence electrons. The fourth-order valence-electron chi connectivity index (χ4n) is 5.73. The largest absolute Gasteiger partial charge is 0.484 e. The smallest absolute Gasteiger partial charge is 0.258 e. The van der Waals surface area contributed by atoms with E-state index < -0.39 is 24.4 Å². The van der Waals surface area contributed by atoms with Crippen molar-refractivity contribution < 1.29 is 33.4 Å². The van der Waals surface area contributed by atoms with Crippen LogP contribution in [0.5, 0.6) is 11.5 Å². The molecule has 2 bridgehead atoms. The van der Waals surface area contributed by atoms with E-state index in [2.05, 4.69) is 5.32 Å². The van der Waals surface area contributed by atoms with Crippen molar-refractivity contribution in [2.75, 3.05) is 24.7 Å². The number of hydrogen-bond donors (Lipinski definition) is 2. The molecule has 10 heteroatoms. The molecule has 3 saturated carbocycles. The van der Waals surface area contributed by atoms with Crippen LogP contribution >= 0.6 is 11.6 Å². The van der Waals surface area contributed by atoms with Crippen molar-refractivity contribution in [3.63, 3.8) is 0 Å². The van der Waals surface area contributed by atoms with Gasteiger partial charge in [0.15, 0.2) is 18.5 Å². The number of amides is 2. The van der Waals surface area contributed by atoms with E-state index in [1.165, 1.54) is 17.0 Å². The number of Topliss-reactive ketones (excluding diaryl/α,β-unsaturated/α-hetero) is 1. The first kappa shape index (κ1) is 24.5. The van der Waals surface area contributed by atoms with E-state index in [4.69, 9.17) is 21.1 Å². The Bertz CT molecular complexity index is 1230. The lowest BCUT2D eigenvalue weighted by atomic mass is 9.38. The molecule has 1 atom stereocenters. The summed E-state index contributed by atoms with van der Waals surface area (Å²) in [4.78, 5) is 39.2. The number of fused-ring (bicyclic) bond motifs is 1. The van der Waals surface area contributed by atoms with Gasteiger partial charge in [0, 0.05) is 18.0 Å². The molecule has 1 unspecified atom stereocenters. The van der Waals surface area contributed by atoms with Gasteiger partial charge in [-0.05, 0) is 61.4 Å². The lowest BCUT2D eigenvalue weighted by Crippen LogP contribution is -2.75. The maximum Gasteiger partial charge on any atom is 0.258 e. The van der Waals surface area contributed by atoms with E-state index in [-0.39, 0.29) is 53.0 Å². The molecule has 36 heavy (non-hydrogen) atoms. The molecule has 2 aromatic carbocycles. The van der Waals surface area contributed by atoms with E-state index in [0.717, 1.165) is 11.6 Å². The molecule has 2 amide bonds. The Kier molecular flexibility index (Phi) is 6.16. The number of aliphatic hydroxyl groups excluding tert-OH is 1. The number of nitrogens with zero attached hydrogens (tertiary/aromatic N) is 1. The lowest BCUT2D eigenvalue weighted by molar-refractivity contribution is -0.175. The second-order valence-corrected chi connectivity index (χ2v) is 10.5. The van der Waals surface area contributed by atoms with Gasteiger partial charge in [-0.15, -0.1) is 0 Å². The third-order valence-electron chi connectivity index (χ3n) is 7.17. The first-order valence-corrected chi connectivity index (χ1v) is 12.1. The Morgan fingerprint density at radius 3 is 2.67 bits per heavy atom. The van der Waals surface area contributed by atoms with Crippen molar-refractivity contribution in [2.45, 2.75) is 44.2 Å². The topological polar surface area (TPSA) is 105 Å². The third kappa shape index (κ3) is 4.53. The molecule has 2 aromatic rings. The summed E-state index contributed by atoms with van der Waals surface area (Å²) >= 11 is 5.65. The molecule has 1 heterocycles. The Hall–Kier alpha value is -3.17. The summed E-state index contributed by atoms with van der Waals surface area (Å²) < 4.78 is 24.8. The van der Waals surface area contributed by atoms with Gasteiger partial charge < -0.3 is 24.8 Å². The Balaban J connectivity index is 1.13. The van der Waals surface area contributed by atoms with Gasteiger partial charge >= 0.3 is 0 Å². The Morgan fingerprint density at radius 2 is 1.97 bits per heavy atom. The highest BCUT2D eigenvalue weighted by molar-refractivity contribution is 6.30. The van der Waals surface area contributed by atoms with E-state index in [1.807, 2.05) is 13.0 Å². The van der Waals surface area contributed by atoms with Gasteiger partial charge in [-0.2, -0.15) is 0 Å². The number of aliphatic hydroxyl groups is 1. The minimum Gasteiger partial charge on any atom is -0.484 e. The number of aryl methyl sites for hydroxylation is 1. The summed E-state index contributed by atoms with van der Waals surface area (Å²) in [5.41, 5.74) is 0.953. The van der Waals surface area contributed by atoms with Crippen LogP contribution in [-0.2, 0) is 14.4 Å². The fraction of sp³-hybridized carbons (Fsp3) is 0.423. The summed E-state index contributed by atoms with van der Waals surface area (Å²) in [5.74, 6) is -0.877. The zero-order chi connectivity index (χ0) is 25.7. The third-order valence-corrected chi connectivity index (χ3v) is 7.48. The summed E-state index contributed by atoms with van der Waals surface area (Å²) in [7, 11) is 0. The van der Waals surface area contributed by atoms with E-state index in [0.29, 0.717) is 30.7 Å². The minimum atomic E-state index is -0.816. The molecule has 0 saturated heterocycles. The molecule has 0 aromatic heterocycles. The molecule has 3 fully saturated rings. The van der Waals surface area contributed by atoms with Gasteiger partial charge in [0.05, 0.1) is 17.3 Å². The van der Waals surface area contributed by atoms with Crippen molar-refractivity contribution >= 4 is 34.9 Å². The van der Waals surface area contributed by atoms with Crippen LogP contribution in [0.2, 0.25) is 5.02 Å². The van der Waals surface area contributed by atoms with Gasteiger partial charge in [0.2, 0.25) is 0 Å². The quantitative estimate of drug-likeness (QED) is 0.559. The Labute approximate surface area is 212 Å². The Morgan fingerprint density at radius 1 is 1.22 bits per heavy atom. The highest BCUT2D eigenvalue weighted by Gasteiger charge is 2.68. The number of halogens is 2. The number of carbonyl (C=O) groups is 3. The molecular formula is C26H26ClFN2O6. The number of ketones is 1. The predicted molar refractivity (Wildman–Crippen MR) is 129 cm³/mol. The summed E-state index contributed by atoms with van der Waals surface area (Å²) in [6, 6.07) is 9.34. The second kappa shape index (κ2) is 9.05. The van der Waals surface area contributed by atoms with E-state index in [9.17, 15) is 23.9 Å². The number of ether oxygens (including phenoxy) is 2. The number of benzene rings is 2. The number of carbonyl (C=O) groups excluding carboxylic acids is 3. The highest BCUT2D eigenvalue weighted by atomic mass is 35.5. The van der Waals surface area contributed by atoms with Crippen LogP contribution in [0, 0.1) is 18.2 Å². The minimum absolute atomic E-state index is 0.0221. The maximum absolute atomic E-state index is 13.5. The number of rotatable bonds is 8. The first-order chi connectivity index (χ1) is 17.1. The maximum atomic E-state index is 13.5. The molecule has 6 rings (SSSR count). The molecule has 2 N–H and O–H groups in total. The zero-order valence-corrected chi connectivity index (χ0v) is 20.4. The van der Waals surface area contributed by atoms with Gasteiger partial charge in [-0.1, -0.05) is 17.7 Å². The predicted octanol–water partition coefficient (Wildman–Crippen LogP) is 2.95. The van der Waals surface area contributed by atoms with Crippen LogP contribution in [0.25, 0.3) is 0 Å². The van der Waals surface area contributed by atoms with Gasteiger partial charge in [0.1, 0.15) is 23.9 Å². The molecule has 3 aliphatic carbocycles. The van der Waals surface area contributed by atoms with Gasteiger partial charge in [0.25, 0.3) is 11.8 Å². The van der Waals surface area contributed by atoms with Crippen molar-refractivity contribution in [3.8, 4) is 11.5 Å². The van der Waals surface area contributed by atoms with Crippen molar-refractivity contribution in [1.82, 2.24) is 5.32 Å². The summed E-state index contributed by atoms with van der Waals surface area (Å²) in [5, 5.41) is 12.3. The highest BCUT2D eigenvalue weighted by Crippen LogP contribution is 2.69. The van der Waals surface area contributed by atoms with Crippen molar-refractivity contribution in [1.29, 1.82) is 0 Å². The standard InChI is InChI=1S/C26H26ClFN2O6/c1-15-2-5-21-19(6-15)30(24(34)10-31)9-22(36-21)20(32)8-25-12-26(13-25,14-25)29-23(33)11-35-16-3-4-17(27)18(28)7-16/h2-7,22,31H,8-14H2,1H3,(H,29,33). The molecule has 0 radical (unpaired) electrons. The van der Waals surface area contributed by atoms with Crippen molar-refractivity contribution in [3.05, 3.63) is 52.8 Å². The summed E-state index contributed by atoms with van der Waals surface area (Å²) in [6.07, 6.45) is 1.50. The van der Waals surface area contributed by atoms with Crippen LogP contribution in [0.4, 0.5) is 10.1 Å². The van der Waals surface area contributed by atoms with Crippen molar-refractivity contribution in [2.24, 2.45) is 5.41 Å². The zero-order valence-electron chi connectivity index (χ0n) is 19.7. The van der Waals surface area contributed by atoms with Crippen LogP contribution in [0.15, 0.2) is 36.4 Å². The van der Waals surface area contributed by atoms with E-state index >= 15 is 0 Å². The first-order valence-electron chi connectivity index (χ1n) is 11.7. The number of nitrogens with one attached hydrogen (secondary N) is 1. The normalized spacial score (nSPS) is 25.6. The molecule has 8 nitrogen and oxygen atoms in total. The fourth-order valence-corrected chi connectivity index (χ4v) is 5.85. The molecular weight excluding hydrogens is 491 g/mol. The van der Waals surface area contributed by atoms with Crippen LogP contribution < -0.4 is 19.7 Å². The second-order valence-electron chi connectivity index (χ2n) is 10.1. The lowest BCUT2D eigenvalue weighted by Gasteiger charge is -2.70. The molecule has 4 aliphatic rings. The monoisotopic (exact) mass is 516 g/mol. The molecule has 0 spiro atoms.